The molecular formula is C33H33N2O7S4+. The minimum Gasteiger partial charge on any atom is -0.439 e. The highest BCUT2D eigenvalue weighted by Crippen LogP contribution is 2.43. The second-order valence-corrected chi connectivity index (χ2v) is 16.1. The summed E-state index contributed by atoms with van der Waals surface area (Å²) < 4.78 is 74.4. The van der Waals surface area contributed by atoms with Gasteiger partial charge in [-0.15, -0.1) is 11.3 Å². The normalized spacial score (nSPS) is 14.8. The van der Waals surface area contributed by atoms with Crippen LogP contribution in [-0.2, 0) is 26.8 Å². The summed E-state index contributed by atoms with van der Waals surface area (Å²) in [7, 11) is -8.23. The average Bonchev–Trinajstić information content (AvgIpc) is 3.74. The van der Waals surface area contributed by atoms with E-state index in [0.29, 0.717) is 31.1 Å². The van der Waals surface area contributed by atoms with Crippen molar-refractivity contribution in [3.63, 3.8) is 0 Å². The molecule has 0 atom stereocenters. The quantitative estimate of drug-likeness (QED) is 0.104. The maximum absolute atomic E-state index is 11.5. The van der Waals surface area contributed by atoms with Gasteiger partial charge in [0.15, 0.2) is 12.3 Å². The molecule has 46 heavy (non-hydrogen) atoms. The van der Waals surface area contributed by atoms with Gasteiger partial charge >= 0.3 is 0 Å². The number of hydrogen-bond donors (Lipinski definition) is 2. The van der Waals surface area contributed by atoms with Crippen molar-refractivity contribution < 1.29 is 35.2 Å². The predicted molar refractivity (Wildman–Crippen MR) is 186 cm³/mol. The van der Waals surface area contributed by atoms with Crippen molar-refractivity contribution in [3.8, 4) is 16.2 Å². The molecule has 5 aromatic rings. The molecule has 0 saturated heterocycles. The van der Waals surface area contributed by atoms with Crippen LogP contribution in [0.2, 0.25) is 0 Å². The molecule has 0 radical (unpaired) electrons. The van der Waals surface area contributed by atoms with Gasteiger partial charge in [-0.3, -0.25) is 9.11 Å². The smallest absolute Gasteiger partial charge is 0.265 e. The van der Waals surface area contributed by atoms with E-state index in [1.165, 1.54) is 0 Å². The van der Waals surface area contributed by atoms with Gasteiger partial charge in [0.25, 0.3) is 25.2 Å². The van der Waals surface area contributed by atoms with Crippen LogP contribution in [0.1, 0.15) is 31.2 Å². The second kappa shape index (κ2) is 13.3. The summed E-state index contributed by atoms with van der Waals surface area (Å²) in [6, 6.07) is 22.2. The number of rotatable bonds is 12. The van der Waals surface area contributed by atoms with Crippen LogP contribution in [0.25, 0.3) is 37.5 Å². The third-order valence-corrected chi connectivity index (χ3v) is 11.4. The fraction of sp³-hybridized carbons (Fsp3) is 0.242. The van der Waals surface area contributed by atoms with Crippen molar-refractivity contribution >= 4 is 75.7 Å². The molecule has 13 heteroatoms. The largest absolute Gasteiger partial charge is 0.439 e. The zero-order chi connectivity index (χ0) is 32.5. The number of benzene rings is 3. The molecule has 0 amide bonds. The molecule has 240 valence electrons. The number of anilines is 1. The summed E-state index contributed by atoms with van der Waals surface area (Å²) in [5, 5.41) is 5.06. The zero-order valence-electron chi connectivity index (χ0n) is 25.0. The summed E-state index contributed by atoms with van der Waals surface area (Å²) >= 11 is 3.23. The maximum Gasteiger partial charge on any atom is 0.265 e. The van der Waals surface area contributed by atoms with Crippen molar-refractivity contribution in [2.24, 2.45) is 0 Å². The first-order valence-corrected chi connectivity index (χ1v) is 19.7. The van der Waals surface area contributed by atoms with Gasteiger partial charge in [-0.25, -0.2) is 0 Å². The molecule has 0 unspecified atom stereocenters. The molecular weight excluding hydrogens is 665 g/mol. The van der Waals surface area contributed by atoms with Crippen LogP contribution in [-0.4, -0.2) is 44.0 Å². The van der Waals surface area contributed by atoms with E-state index in [-0.39, 0.29) is 24.3 Å². The highest BCUT2D eigenvalue weighted by Gasteiger charge is 2.28. The Morgan fingerprint density at radius 3 is 2.48 bits per heavy atom. The van der Waals surface area contributed by atoms with Crippen molar-refractivity contribution in [3.05, 3.63) is 94.6 Å². The fourth-order valence-electron chi connectivity index (χ4n) is 5.61. The van der Waals surface area contributed by atoms with E-state index >= 15 is 0 Å². The van der Waals surface area contributed by atoms with Gasteiger partial charge in [0.2, 0.25) is 11.4 Å². The zero-order valence-corrected chi connectivity index (χ0v) is 28.3. The van der Waals surface area contributed by atoms with E-state index in [9.17, 15) is 25.9 Å². The monoisotopic (exact) mass is 697 g/mol. The van der Waals surface area contributed by atoms with E-state index in [1.807, 2.05) is 71.8 Å². The molecule has 3 heterocycles. The predicted octanol–water partition coefficient (Wildman–Crippen LogP) is 7.16. The summed E-state index contributed by atoms with van der Waals surface area (Å²) in [5.41, 5.74) is 3.79. The Labute approximate surface area is 276 Å². The third-order valence-electron chi connectivity index (χ3n) is 7.74. The van der Waals surface area contributed by atoms with Crippen LogP contribution >= 0.6 is 22.7 Å². The van der Waals surface area contributed by atoms with E-state index in [0.717, 1.165) is 47.7 Å². The SMILES string of the molecule is CCC(=Cc1sc2ccc3ccccc3c2[n+]1CCCS(=O)(=O)O)C=C1Oc2ccc(-c3cccs3)cc2N1CCCS(=O)(=O)O. The van der Waals surface area contributed by atoms with Crippen LogP contribution in [0.3, 0.4) is 0 Å². The van der Waals surface area contributed by atoms with Crippen LogP contribution in [0.15, 0.2) is 89.6 Å². The Bertz CT molecular complexity index is 2190. The lowest BCUT2D eigenvalue weighted by atomic mass is 10.1. The van der Waals surface area contributed by atoms with Gasteiger partial charge in [0, 0.05) is 30.0 Å². The van der Waals surface area contributed by atoms with Crippen LogP contribution in [0, 0.1) is 0 Å². The Morgan fingerprint density at radius 1 is 0.957 bits per heavy atom. The Kier molecular flexibility index (Phi) is 9.33. The van der Waals surface area contributed by atoms with Gasteiger partial charge in [0.1, 0.15) is 4.70 Å². The topological polar surface area (TPSA) is 125 Å². The van der Waals surface area contributed by atoms with Gasteiger partial charge in [0.05, 0.1) is 22.6 Å². The number of thiophene rings is 1. The summed E-state index contributed by atoms with van der Waals surface area (Å²) in [6.07, 6.45) is 5.12. The summed E-state index contributed by atoms with van der Waals surface area (Å²) in [5.74, 6) is 0.495. The van der Waals surface area contributed by atoms with Crippen LogP contribution < -0.4 is 14.2 Å². The standard InChI is InChI=1S/C33H32N2O7S4/c1-2-23(21-32-35(16-7-19-46(39,40)41)33-26-9-4-3-8-24(26)12-14-30(33)44-32)20-31-34(15-6-18-45(36,37)38)27-22-25(11-13-28(27)42-31)29-10-5-17-43-29/h3-5,8-14,17,20-22H,2,6-7,15-16,18-19H2,1H3,(H-,36,37,38,39,40,41)/p+1. The van der Waals surface area contributed by atoms with E-state index in [4.69, 9.17) is 4.74 Å². The number of aryl methyl sites for hydroxylation is 1. The fourth-order valence-corrected chi connectivity index (χ4v) is 8.50. The molecule has 0 aliphatic carbocycles. The third kappa shape index (κ3) is 7.35. The van der Waals surface area contributed by atoms with Crippen molar-refractivity contribution in [2.45, 2.75) is 32.7 Å². The first-order valence-electron chi connectivity index (χ1n) is 14.8. The van der Waals surface area contributed by atoms with E-state index in [1.54, 1.807) is 22.7 Å². The first-order chi connectivity index (χ1) is 22.0. The van der Waals surface area contributed by atoms with E-state index in [2.05, 4.69) is 28.8 Å². The van der Waals surface area contributed by atoms with Gasteiger partial charge in [-0.1, -0.05) is 48.6 Å². The van der Waals surface area contributed by atoms with Gasteiger partial charge in [-0.2, -0.15) is 21.4 Å². The molecule has 6 rings (SSSR count). The number of hydrogen-bond acceptors (Lipinski definition) is 8. The Balaban J connectivity index is 1.41. The van der Waals surface area contributed by atoms with Gasteiger partial charge in [-0.05, 0) is 71.1 Å². The number of thiazole rings is 1. The molecule has 3 aromatic carbocycles. The lowest BCUT2D eigenvalue weighted by molar-refractivity contribution is -0.667. The van der Waals surface area contributed by atoms with E-state index < -0.39 is 20.2 Å². The average molecular weight is 698 g/mol. The molecule has 1 aliphatic rings. The molecule has 0 bridgehead atoms. The summed E-state index contributed by atoms with van der Waals surface area (Å²) in [4.78, 5) is 3.04. The highest BCUT2D eigenvalue weighted by molar-refractivity contribution is 7.86. The number of fused-ring (bicyclic) bond motifs is 4. The Hall–Kier alpha value is -3.59. The molecule has 1 aliphatic heterocycles. The van der Waals surface area contributed by atoms with Crippen LogP contribution in [0.4, 0.5) is 5.69 Å². The minimum absolute atomic E-state index is 0.199. The lowest BCUT2D eigenvalue weighted by Crippen LogP contribution is -2.36. The maximum atomic E-state index is 11.5. The first kappa shape index (κ1) is 32.4. The molecule has 9 nitrogen and oxygen atoms in total. The number of aromatic nitrogens is 1. The summed E-state index contributed by atoms with van der Waals surface area (Å²) in [6.45, 7) is 2.74. The molecule has 0 fully saturated rings. The van der Waals surface area contributed by atoms with Crippen molar-refractivity contribution in [2.75, 3.05) is 23.0 Å². The lowest BCUT2D eigenvalue weighted by Gasteiger charge is -2.19. The van der Waals surface area contributed by atoms with Crippen molar-refractivity contribution in [1.82, 2.24) is 0 Å². The number of allylic oxidation sites excluding steroid dienone is 2. The van der Waals surface area contributed by atoms with Crippen LogP contribution in [0.5, 0.6) is 5.75 Å². The molecule has 2 N–H and O–H groups in total. The van der Waals surface area contributed by atoms with Gasteiger partial charge < -0.3 is 9.64 Å². The number of nitrogens with zero attached hydrogens (tertiary/aromatic N) is 2. The minimum atomic E-state index is -4.12. The molecule has 2 aromatic heterocycles. The van der Waals surface area contributed by atoms with Crippen molar-refractivity contribution in [1.29, 1.82) is 0 Å². The molecule has 0 spiro atoms. The second-order valence-electron chi connectivity index (χ2n) is 11.0. The number of ether oxygens (including phenoxy) is 1. The molecule has 0 saturated carbocycles. The Morgan fingerprint density at radius 2 is 1.74 bits per heavy atom. The highest BCUT2D eigenvalue weighted by atomic mass is 32.2.